The maximum absolute atomic E-state index is 12.7. The largest absolute Gasteiger partial charge is 0.379 e. The lowest BCUT2D eigenvalue weighted by Crippen LogP contribution is -2.45. The highest BCUT2D eigenvalue weighted by Crippen LogP contribution is 2.23. The Morgan fingerprint density at radius 2 is 1.44 bits per heavy atom. The molecule has 2 aliphatic rings. The smallest absolute Gasteiger partial charge is 0.303 e. The van der Waals surface area contributed by atoms with Gasteiger partial charge in [-0.15, -0.1) is 0 Å². The summed E-state index contributed by atoms with van der Waals surface area (Å²) in [6.45, 7) is -7.38. The van der Waals surface area contributed by atoms with Crippen molar-refractivity contribution in [1.29, 1.82) is 0 Å². The first kappa shape index (κ1) is 33.1. The molecule has 0 atom stereocenters. The second kappa shape index (κ2) is 20.7. The minimum atomic E-state index is -1.97. The SMILES string of the molecule is NCc1ccc(Cl)c(Cl)c1.[2H]C1([2H])COCC([2H])([2H])N1CC[n+]1c[nH]c2nc(Cl)[nH]c(=O)c21.[2H]C1([2H])COCC([2H])([2H])N1CCn1cnc2nc(NCc3ccc(Cl)c(Cl)c3)[nH]c(=O)c21. The fourth-order valence-corrected chi connectivity index (χ4v) is 6.18. The van der Waals surface area contributed by atoms with Crippen LogP contribution >= 0.6 is 58.0 Å². The van der Waals surface area contributed by atoms with E-state index in [9.17, 15) is 9.59 Å². The van der Waals surface area contributed by atoms with Gasteiger partial charge in [-0.05, 0) is 47.0 Å². The summed E-state index contributed by atoms with van der Waals surface area (Å²) < 4.78 is 76.9. The third kappa shape index (κ3) is 11.9. The van der Waals surface area contributed by atoms with E-state index in [1.165, 1.54) is 17.2 Å². The van der Waals surface area contributed by atoms with Crippen LogP contribution in [-0.2, 0) is 35.7 Å². The van der Waals surface area contributed by atoms with Crippen LogP contribution in [0.4, 0.5) is 5.95 Å². The Bertz CT molecular complexity index is 2730. The molecule has 0 saturated carbocycles. The molecule has 4 aromatic heterocycles. The monoisotopic (exact) mass is 889 g/mol. The average Bonchev–Trinajstić information content (AvgIpc) is 3.83. The van der Waals surface area contributed by atoms with Crippen molar-refractivity contribution >= 4 is 86.3 Å². The Hall–Kier alpha value is -3.81. The predicted molar refractivity (Wildman–Crippen MR) is 223 cm³/mol. The van der Waals surface area contributed by atoms with Crippen molar-refractivity contribution in [2.45, 2.75) is 26.2 Å². The van der Waals surface area contributed by atoms with Crippen LogP contribution in [-0.4, -0.2) is 110 Å². The maximum Gasteiger partial charge on any atom is 0.303 e. The number of nitrogens with zero attached hydrogens (tertiary/aromatic N) is 7. The fourth-order valence-electron chi connectivity index (χ4n) is 5.37. The van der Waals surface area contributed by atoms with Gasteiger partial charge in [-0.1, -0.05) is 58.5 Å². The molecule has 6 aromatic rings. The number of morpholine rings is 2. The number of imidazole rings is 2. The number of H-pyrrole nitrogens is 3. The van der Waals surface area contributed by atoms with Gasteiger partial charge in [-0.3, -0.25) is 29.4 Å². The average molecular weight is 892 g/mol. The van der Waals surface area contributed by atoms with E-state index in [0.717, 1.165) is 20.9 Å². The van der Waals surface area contributed by atoms with Crippen molar-refractivity contribution < 1.29 is 25.0 Å². The predicted octanol–water partition coefficient (Wildman–Crippen LogP) is 4.35. The molecule has 6 N–H and O–H groups in total. The van der Waals surface area contributed by atoms with E-state index in [-0.39, 0.29) is 80.5 Å². The number of hydrogen-bond acceptors (Lipinski definition) is 11. The number of nitrogens with one attached hydrogen (secondary N) is 4. The highest BCUT2D eigenvalue weighted by molar-refractivity contribution is 6.42. The fraction of sp³-hybridized carbons (Fsp3) is 0.389. The number of ether oxygens (including phenoxy) is 2. The van der Waals surface area contributed by atoms with Gasteiger partial charge >= 0.3 is 5.56 Å². The van der Waals surface area contributed by atoms with Gasteiger partial charge in [0.2, 0.25) is 17.6 Å². The normalized spacial score (nSPS) is 20.5. The molecule has 304 valence electrons. The molecular formula is C36H42Cl5N12O4+. The van der Waals surface area contributed by atoms with Crippen LogP contribution in [0.25, 0.3) is 22.3 Å². The van der Waals surface area contributed by atoms with Crippen molar-refractivity contribution in [3.63, 3.8) is 0 Å². The van der Waals surface area contributed by atoms with Gasteiger partial charge in [0.05, 0.1) is 52.8 Å². The molecule has 2 aromatic carbocycles. The van der Waals surface area contributed by atoms with E-state index in [2.05, 4.69) is 35.2 Å². The zero-order valence-electron chi connectivity index (χ0n) is 37.9. The van der Waals surface area contributed by atoms with E-state index >= 15 is 0 Å². The second-order valence-electron chi connectivity index (χ2n) is 12.0. The Morgan fingerprint density at radius 3 is 2.09 bits per heavy atom. The third-order valence-electron chi connectivity index (χ3n) is 8.22. The Kier molecular flexibility index (Phi) is 12.0. The molecule has 16 nitrogen and oxygen atoms in total. The summed E-state index contributed by atoms with van der Waals surface area (Å²) >= 11 is 29.0. The van der Waals surface area contributed by atoms with Gasteiger partial charge in [0, 0.05) is 69.7 Å². The minimum absolute atomic E-state index is 0.0194. The van der Waals surface area contributed by atoms with Crippen LogP contribution < -0.4 is 26.7 Å². The van der Waals surface area contributed by atoms with Crippen LogP contribution in [0.3, 0.4) is 0 Å². The van der Waals surface area contributed by atoms with E-state index in [0.29, 0.717) is 38.8 Å². The van der Waals surface area contributed by atoms with Crippen LogP contribution in [0.5, 0.6) is 0 Å². The Morgan fingerprint density at radius 1 is 0.807 bits per heavy atom. The summed E-state index contributed by atoms with van der Waals surface area (Å²) in [5.74, 6) is 0.236. The van der Waals surface area contributed by atoms with Gasteiger partial charge in [0.15, 0.2) is 11.2 Å². The third-order valence-corrected chi connectivity index (χ3v) is 9.87. The molecule has 0 radical (unpaired) electrons. The first-order valence-electron chi connectivity index (χ1n) is 21.2. The molecule has 0 aliphatic carbocycles. The molecule has 0 unspecified atom stereocenters. The maximum atomic E-state index is 12.7. The van der Waals surface area contributed by atoms with Crippen LogP contribution in [0.15, 0.2) is 58.6 Å². The summed E-state index contributed by atoms with van der Waals surface area (Å²) in [7, 11) is 0. The van der Waals surface area contributed by atoms with Gasteiger partial charge in [0.1, 0.15) is 6.54 Å². The molecule has 2 aliphatic heterocycles. The van der Waals surface area contributed by atoms with Crippen molar-refractivity contribution in [2.75, 3.05) is 70.8 Å². The van der Waals surface area contributed by atoms with Gasteiger partial charge in [0.25, 0.3) is 16.7 Å². The quantitative estimate of drug-likeness (QED) is 0.0971. The standard InChI is InChI=1S/C18H20Cl2N6O2.C11H14ClN5O2.C7H7Cl2N/c19-13-2-1-12(9-14(13)20)10-21-18-23-16-15(17(27)24-18)26(11-22-16)4-3-25-5-7-28-8-6-25;12-11-14-9-8(10(18)15-11)17(7-13-9)2-1-16-3-5-19-6-4-16;8-6-2-1-5(4-10)3-7(6)9/h1-2,9,11H,3-8,10H2,(H2,21,23,24,27);7H,1-6H2,(H,14,15,18);1-3H,4,10H2/p+1/i5D2,6D2;3D2,4D2;. The lowest BCUT2D eigenvalue weighted by Gasteiger charge is -2.26. The summed E-state index contributed by atoms with van der Waals surface area (Å²) in [5, 5.41) is 4.99. The number of nitrogens with two attached hydrogens (primary N) is 1. The molecule has 0 amide bonds. The first-order chi connectivity index (χ1) is 30.5. The zero-order chi connectivity index (χ0) is 47.5. The van der Waals surface area contributed by atoms with Crippen LogP contribution in [0.1, 0.15) is 22.1 Å². The highest BCUT2D eigenvalue weighted by Gasteiger charge is 2.18. The minimum Gasteiger partial charge on any atom is -0.379 e. The number of benzene rings is 2. The molecular weight excluding hydrogens is 842 g/mol. The van der Waals surface area contributed by atoms with Crippen LogP contribution in [0, 0.1) is 0 Å². The molecule has 2 saturated heterocycles. The number of fused-ring (bicyclic) bond motifs is 2. The van der Waals surface area contributed by atoms with Crippen molar-refractivity contribution in [1.82, 2.24) is 44.3 Å². The Balaban J connectivity index is 0.000000184. The number of anilines is 1. The number of aromatic amines is 3. The zero-order valence-corrected chi connectivity index (χ0v) is 33.7. The summed E-state index contributed by atoms with van der Waals surface area (Å²) in [6.07, 6.45) is 2.95. The molecule has 2 fully saturated rings. The number of hydrogen-bond donors (Lipinski definition) is 5. The van der Waals surface area contributed by atoms with Crippen molar-refractivity contribution in [3.05, 3.63) is 106 Å². The summed E-state index contributed by atoms with van der Waals surface area (Å²) in [5.41, 5.74) is 7.39. The topological polar surface area (TPSA) is 192 Å². The molecule has 0 bridgehead atoms. The Labute approximate surface area is 363 Å². The second-order valence-corrected chi connectivity index (χ2v) is 14.0. The van der Waals surface area contributed by atoms with E-state index in [4.69, 9.17) is 84.2 Å². The number of rotatable bonds is 10. The first-order valence-corrected chi connectivity index (χ1v) is 19.0. The highest BCUT2D eigenvalue weighted by atomic mass is 35.5. The van der Waals surface area contributed by atoms with Crippen molar-refractivity contribution in [2.24, 2.45) is 5.73 Å². The molecule has 6 heterocycles. The lowest BCUT2D eigenvalue weighted by molar-refractivity contribution is -0.671. The van der Waals surface area contributed by atoms with Crippen LogP contribution in [0.2, 0.25) is 25.4 Å². The van der Waals surface area contributed by atoms with Crippen molar-refractivity contribution in [3.8, 4) is 0 Å². The van der Waals surface area contributed by atoms with E-state index in [1.807, 2.05) is 6.07 Å². The van der Waals surface area contributed by atoms with Gasteiger partial charge in [-0.2, -0.15) is 9.97 Å². The number of aromatic nitrogens is 8. The molecule has 8 rings (SSSR count). The number of halogens is 5. The summed E-state index contributed by atoms with van der Waals surface area (Å²) in [6, 6.07) is 10.6. The molecule has 21 heteroatoms. The molecule has 57 heavy (non-hydrogen) atoms. The van der Waals surface area contributed by atoms with E-state index in [1.54, 1.807) is 34.9 Å². The summed E-state index contributed by atoms with van der Waals surface area (Å²) in [4.78, 5) is 47.2. The van der Waals surface area contributed by atoms with E-state index < -0.39 is 37.1 Å². The van der Waals surface area contributed by atoms with Gasteiger partial charge < -0.3 is 25.1 Å². The van der Waals surface area contributed by atoms with Gasteiger partial charge in [-0.25, -0.2) is 14.5 Å². The molecule has 0 spiro atoms. The lowest BCUT2D eigenvalue weighted by atomic mass is 10.2.